The van der Waals surface area contributed by atoms with Crippen LogP contribution in [0.15, 0.2) is 12.1 Å². The molecule has 0 saturated carbocycles. The first-order valence-corrected chi connectivity index (χ1v) is 8.92. The van der Waals surface area contributed by atoms with E-state index in [4.69, 9.17) is 38.0 Å². The number of carbonyl (C=O) groups is 1. The molecule has 0 amide bonds. The number of ether oxygens (including phenoxy) is 3. The van der Waals surface area contributed by atoms with Gasteiger partial charge in [-0.25, -0.2) is 0 Å². The molecule has 8 heteroatoms. The quantitative estimate of drug-likeness (QED) is 0.615. The maximum absolute atomic E-state index is 12.0. The molecule has 25 heavy (non-hydrogen) atoms. The Morgan fingerprint density at radius 2 is 2.08 bits per heavy atom. The summed E-state index contributed by atoms with van der Waals surface area (Å²) in [7, 11) is 3.11. The van der Waals surface area contributed by atoms with Crippen LogP contribution in [0.2, 0.25) is 5.02 Å². The minimum Gasteiger partial charge on any atom is -0.495 e. The molecule has 138 valence electrons. The van der Waals surface area contributed by atoms with Crippen LogP contribution < -0.4 is 14.8 Å². The summed E-state index contributed by atoms with van der Waals surface area (Å²) >= 11 is 11.6. The largest absolute Gasteiger partial charge is 0.495 e. The molecule has 0 spiro atoms. The molecule has 1 aromatic rings. The number of rotatable bonds is 5. The van der Waals surface area contributed by atoms with Gasteiger partial charge in [-0.05, 0) is 32.0 Å². The molecular formula is C17H23ClN2O4S. The molecule has 1 N–H and O–H groups in total. The SMILES string of the molecule is CCOC(=O)[C@@H]1CCCN(C(=S)Nc2cc(OC)c(Cl)cc2OC)C1. The number of nitrogens with zero attached hydrogens (tertiary/aromatic N) is 1. The second kappa shape index (κ2) is 9.10. The highest BCUT2D eigenvalue weighted by Crippen LogP contribution is 2.36. The number of likely N-dealkylation sites (tertiary alicyclic amines) is 1. The van der Waals surface area contributed by atoms with Crippen molar-refractivity contribution in [2.24, 2.45) is 5.92 Å². The van der Waals surface area contributed by atoms with Gasteiger partial charge in [0.25, 0.3) is 0 Å². The van der Waals surface area contributed by atoms with Gasteiger partial charge in [0.1, 0.15) is 11.5 Å². The highest BCUT2D eigenvalue weighted by molar-refractivity contribution is 7.80. The zero-order valence-corrected chi connectivity index (χ0v) is 16.2. The molecule has 0 aliphatic carbocycles. The van der Waals surface area contributed by atoms with Crippen LogP contribution in [0.4, 0.5) is 5.69 Å². The van der Waals surface area contributed by atoms with Gasteiger partial charge in [-0.2, -0.15) is 0 Å². The van der Waals surface area contributed by atoms with Crippen LogP contribution in [0.1, 0.15) is 19.8 Å². The monoisotopic (exact) mass is 386 g/mol. The third kappa shape index (κ3) is 4.89. The zero-order valence-electron chi connectivity index (χ0n) is 14.6. The lowest BCUT2D eigenvalue weighted by Gasteiger charge is -2.33. The Morgan fingerprint density at radius 3 is 2.72 bits per heavy atom. The van der Waals surface area contributed by atoms with Gasteiger partial charge >= 0.3 is 5.97 Å². The third-order valence-corrected chi connectivity index (χ3v) is 4.70. The predicted molar refractivity (Wildman–Crippen MR) is 102 cm³/mol. The summed E-state index contributed by atoms with van der Waals surface area (Å²) in [6.07, 6.45) is 1.70. The molecule has 0 bridgehead atoms. The number of hydrogen-bond donors (Lipinski definition) is 1. The van der Waals surface area contributed by atoms with E-state index in [0.717, 1.165) is 19.4 Å². The van der Waals surface area contributed by atoms with E-state index < -0.39 is 0 Å². The lowest BCUT2D eigenvalue weighted by Crippen LogP contribution is -2.44. The standard InChI is InChI=1S/C17H23ClN2O4S/c1-4-24-16(21)11-6-5-7-20(10-11)17(25)19-13-9-14(22-2)12(18)8-15(13)23-3/h8-9,11H,4-7,10H2,1-3H3,(H,19,25)/t11-/m1/s1. The molecule has 1 aromatic carbocycles. The van der Waals surface area contributed by atoms with E-state index in [1.807, 2.05) is 11.8 Å². The van der Waals surface area contributed by atoms with E-state index in [1.165, 1.54) is 0 Å². The van der Waals surface area contributed by atoms with Crippen LogP contribution in [0, 0.1) is 5.92 Å². The van der Waals surface area contributed by atoms with Crippen molar-refractivity contribution in [3.63, 3.8) is 0 Å². The molecule has 1 aliphatic heterocycles. The third-order valence-electron chi connectivity index (χ3n) is 4.04. The fraction of sp³-hybridized carbons (Fsp3) is 0.529. The number of methoxy groups -OCH3 is 2. The van der Waals surface area contributed by atoms with Crippen LogP contribution >= 0.6 is 23.8 Å². The molecule has 2 rings (SSSR count). The first kappa shape index (κ1) is 19.6. The van der Waals surface area contributed by atoms with Crippen molar-refractivity contribution >= 4 is 40.6 Å². The van der Waals surface area contributed by atoms with E-state index in [9.17, 15) is 4.79 Å². The first-order valence-electron chi connectivity index (χ1n) is 8.14. The number of anilines is 1. The van der Waals surface area contributed by atoms with Crippen molar-refractivity contribution in [2.45, 2.75) is 19.8 Å². The number of nitrogens with one attached hydrogen (secondary N) is 1. The van der Waals surface area contributed by atoms with E-state index >= 15 is 0 Å². The molecule has 0 unspecified atom stereocenters. The fourth-order valence-corrected chi connectivity index (χ4v) is 3.27. The van der Waals surface area contributed by atoms with E-state index in [0.29, 0.717) is 40.5 Å². The summed E-state index contributed by atoms with van der Waals surface area (Å²) in [6, 6.07) is 3.41. The molecule has 0 aromatic heterocycles. The smallest absolute Gasteiger partial charge is 0.310 e. The molecule has 1 saturated heterocycles. The average Bonchev–Trinajstić information content (AvgIpc) is 2.63. The van der Waals surface area contributed by atoms with Crippen molar-refractivity contribution in [3.05, 3.63) is 17.2 Å². The molecule has 0 radical (unpaired) electrons. The first-order chi connectivity index (χ1) is 12.0. The minimum absolute atomic E-state index is 0.157. The summed E-state index contributed by atoms with van der Waals surface area (Å²) in [5, 5.41) is 4.15. The number of piperidine rings is 1. The molecule has 1 fully saturated rings. The van der Waals surface area contributed by atoms with E-state index in [1.54, 1.807) is 26.4 Å². The Bertz CT molecular complexity index is 641. The van der Waals surface area contributed by atoms with Gasteiger partial charge in [0.2, 0.25) is 0 Å². The molecule has 6 nitrogen and oxygen atoms in total. The van der Waals surface area contributed by atoms with E-state index in [-0.39, 0.29) is 11.9 Å². The zero-order chi connectivity index (χ0) is 18.4. The molecular weight excluding hydrogens is 364 g/mol. The Hall–Kier alpha value is -1.73. The number of carbonyl (C=O) groups excluding carboxylic acids is 1. The number of esters is 1. The van der Waals surface area contributed by atoms with Crippen molar-refractivity contribution in [3.8, 4) is 11.5 Å². The van der Waals surface area contributed by atoms with Crippen molar-refractivity contribution < 1.29 is 19.0 Å². The number of halogens is 1. The molecule has 1 atom stereocenters. The van der Waals surface area contributed by atoms with Crippen LogP contribution in [0.5, 0.6) is 11.5 Å². The maximum Gasteiger partial charge on any atom is 0.310 e. The van der Waals surface area contributed by atoms with Crippen LogP contribution in [-0.4, -0.2) is 49.9 Å². The van der Waals surface area contributed by atoms with Gasteiger partial charge < -0.3 is 24.4 Å². The average molecular weight is 387 g/mol. The summed E-state index contributed by atoms with van der Waals surface area (Å²) < 4.78 is 15.7. The Balaban J connectivity index is 2.10. The van der Waals surface area contributed by atoms with Crippen LogP contribution in [0.25, 0.3) is 0 Å². The van der Waals surface area contributed by atoms with Gasteiger partial charge in [0.05, 0.1) is 37.5 Å². The van der Waals surface area contributed by atoms with Crippen LogP contribution in [-0.2, 0) is 9.53 Å². The van der Waals surface area contributed by atoms with Crippen molar-refractivity contribution in [2.75, 3.05) is 39.2 Å². The predicted octanol–water partition coefficient (Wildman–Crippen LogP) is 3.33. The van der Waals surface area contributed by atoms with Gasteiger partial charge in [-0.15, -0.1) is 0 Å². The van der Waals surface area contributed by atoms with Gasteiger partial charge in [-0.1, -0.05) is 11.6 Å². The maximum atomic E-state index is 12.0. The van der Waals surface area contributed by atoms with Crippen molar-refractivity contribution in [1.82, 2.24) is 4.90 Å². The molecule has 1 aliphatic rings. The van der Waals surface area contributed by atoms with Crippen molar-refractivity contribution in [1.29, 1.82) is 0 Å². The van der Waals surface area contributed by atoms with E-state index in [2.05, 4.69) is 5.32 Å². The van der Waals surface area contributed by atoms with Gasteiger partial charge in [-0.3, -0.25) is 4.79 Å². The number of thiocarbonyl (C=S) groups is 1. The Morgan fingerprint density at radius 1 is 1.36 bits per heavy atom. The second-order valence-electron chi connectivity index (χ2n) is 5.65. The lowest BCUT2D eigenvalue weighted by molar-refractivity contribution is -0.149. The fourth-order valence-electron chi connectivity index (χ4n) is 2.77. The van der Waals surface area contributed by atoms with Gasteiger partial charge in [0.15, 0.2) is 5.11 Å². The topological polar surface area (TPSA) is 60.0 Å². The normalized spacial score (nSPS) is 17.0. The Kier molecular flexibility index (Phi) is 7.13. The summed E-state index contributed by atoms with van der Waals surface area (Å²) in [5.74, 6) is 0.763. The minimum atomic E-state index is -0.166. The van der Waals surface area contributed by atoms with Gasteiger partial charge in [0, 0.05) is 25.2 Å². The van der Waals surface area contributed by atoms with Crippen LogP contribution in [0.3, 0.4) is 0 Å². The summed E-state index contributed by atoms with van der Waals surface area (Å²) in [4.78, 5) is 14.0. The molecule has 1 heterocycles. The highest BCUT2D eigenvalue weighted by atomic mass is 35.5. The summed E-state index contributed by atoms with van der Waals surface area (Å²) in [5.41, 5.74) is 0.659. The lowest BCUT2D eigenvalue weighted by atomic mass is 9.98. The highest BCUT2D eigenvalue weighted by Gasteiger charge is 2.28. The summed E-state index contributed by atoms with van der Waals surface area (Å²) in [6.45, 7) is 3.52. The Labute approximate surface area is 158 Å². The number of benzene rings is 1. The second-order valence-corrected chi connectivity index (χ2v) is 6.45. The number of hydrogen-bond acceptors (Lipinski definition) is 5.